The van der Waals surface area contributed by atoms with Crippen LogP contribution in [0.25, 0.3) is 0 Å². The van der Waals surface area contributed by atoms with Gasteiger partial charge in [-0.15, -0.1) is 0 Å². The maximum absolute atomic E-state index is 6.11. The smallest absolute Gasteiger partial charge is 0.0534 e. The molecule has 0 bridgehead atoms. The maximum Gasteiger partial charge on any atom is 0.0534 e. The quantitative estimate of drug-likeness (QED) is 0.887. The van der Waals surface area contributed by atoms with E-state index in [1.165, 1.54) is 31.2 Å². The lowest BCUT2D eigenvalue weighted by Crippen LogP contribution is -2.53. The molecule has 1 fully saturated rings. The number of nitrogens with zero attached hydrogens (tertiary/aromatic N) is 3. The average Bonchev–Trinajstić information content (AvgIpc) is 2.87. The first kappa shape index (κ1) is 14.5. The summed E-state index contributed by atoms with van der Waals surface area (Å²) in [6.07, 6.45) is 9.18. The van der Waals surface area contributed by atoms with Crippen LogP contribution in [0.3, 0.4) is 0 Å². The largest absolute Gasteiger partial charge is 0.329 e. The topological polar surface area (TPSA) is 47.1 Å². The Kier molecular flexibility index (Phi) is 4.63. The fourth-order valence-corrected chi connectivity index (χ4v) is 3.14. The summed E-state index contributed by atoms with van der Waals surface area (Å²) in [6, 6.07) is 0. The molecule has 2 rings (SSSR count). The normalized spacial score (nSPS) is 27.9. The molecule has 0 spiro atoms. The zero-order valence-corrected chi connectivity index (χ0v) is 12.6. The number of hydrogen-bond donors (Lipinski definition) is 1. The first-order chi connectivity index (χ1) is 9.09. The van der Waals surface area contributed by atoms with Gasteiger partial charge in [0.2, 0.25) is 0 Å². The van der Waals surface area contributed by atoms with Gasteiger partial charge in [0.05, 0.1) is 6.20 Å². The van der Waals surface area contributed by atoms with Crippen LogP contribution in [0.1, 0.15) is 45.1 Å². The van der Waals surface area contributed by atoms with E-state index in [2.05, 4.69) is 37.1 Å². The molecule has 1 heterocycles. The molecular weight excluding hydrogens is 236 g/mol. The second kappa shape index (κ2) is 6.06. The van der Waals surface area contributed by atoms with Gasteiger partial charge in [-0.1, -0.05) is 6.92 Å². The molecule has 0 atom stereocenters. The summed E-state index contributed by atoms with van der Waals surface area (Å²) < 4.78 is 1.99. The van der Waals surface area contributed by atoms with Crippen molar-refractivity contribution in [3.05, 3.63) is 18.0 Å². The molecule has 0 radical (unpaired) electrons. The first-order valence-electron chi connectivity index (χ1n) is 7.52. The van der Waals surface area contributed by atoms with Gasteiger partial charge in [0, 0.05) is 36.9 Å². The molecule has 1 aliphatic carbocycles. The summed E-state index contributed by atoms with van der Waals surface area (Å²) in [6.45, 7) is 7.11. The van der Waals surface area contributed by atoms with E-state index in [9.17, 15) is 0 Å². The van der Waals surface area contributed by atoms with E-state index in [-0.39, 0.29) is 5.54 Å². The molecule has 0 unspecified atom stereocenters. The average molecular weight is 264 g/mol. The van der Waals surface area contributed by atoms with Crippen LogP contribution in [0.15, 0.2) is 12.4 Å². The molecule has 4 nitrogen and oxygen atoms in total. The lowest BCUT2D eigenvalue weighted by atomic mass is 9.76. The third-order valence-electron chi connectivity index (χ3n) is 4.83. The van der Waals surface area contributed by atoms with Crippen LogP contribution in [-0.2, 0) is 13.1 Å². The highest BCUT2D eigenvalue weighted by Crippen LogP contribution is 2.35. The summed E-state index contributed by atoms with van der Waals surface area (Å²) >= 11 is 0. The van der Waals surface area contributed by atoms with Crippen molar-refractivity contribution in [2.75, 3.05) is 13.6 Å². The number of likely N-dealkylation sites (N-methyl/N-ethyl adjacent to an activating group) is 1. The SMILES string of the molecule is CCn1cc(CN(C)C2(CN)CCC(C)CC2)cn1. The van der Waals surface area contributed by atoms with E-state index in [1.54, 1.807) is 0 Å². The predicted molar refractivity (Wildman–Crippen MR) is 78.8 cm³/mol. The molecule has 1 aliphatic rings. The molecule has 1 aromatic rings. The fraction of sp³-hybridized carbons (Fsp3) is 0.800. The van der Waals surface area contributed by atoms with Gasteiger partial charge in [-0.3, -0.25) is 9.58 Å². The zero-order valence-electron chi connectivity index (χ0n) is 12.6. The van der Waals surface area contributed by atoms with Gasteiger partial charge in [0.25, 0.3) is 0 Å². The third kappa shape index (κ3) is 3.18. The van der Waals surface area contributed by atoms with Crippen LogP contribution in [0, 0.1) is 5.92 Å². The molecule has 0 amide bonds. The summed E-state index contributed by atoms with van der Waals surface area (Å²) in [4.78, 5) is 2.45. The van der Waals surface area contributed by atoms with Crippen LogP contribution < -0.4 is 5.73 Å². The van der Waals surface area contributed by atoms with Crippen molar-refractivity contribution in [1.82, 2.24) is 14.7 Å². The molecule has 2 N–H and O–H groups in total. The van der Waals surface area contributed by atoms with Crippen molar-refractivity contribution in [2.45, 2.75) is 58.2 Å². The summed E-state index contributed by atoms with van der Waals surface area (Å²) in [5, 5.41) is 4.35. The number of rotatable bonds is 5. The second-order valence-electron chi connectivity index (χ2n) is 6.17. The van der Waals surface area contributed by atoms with Gasteiger partial charge < -0.3 is 5.73 Å². The Labute approximate surface area is 117 Å². The van der Waals surface area contributed by atoms with Gasteiger partial charge in [-0.25, -0.2) is 0 Å². The van der Waals surface area contributed by atoms with Crippen LogP contribution in [0.5, 0.6) is 0 Å². The van der Waals surface area contributed by atoms with E-state index >= 15 is 0 Å². The van der Waals surface area contributed by atoms with Gasteiger partial charge in [0.15, 0.2) is 0 Å². The van der Waals surface area contributed by atoms with Crippen molar-refractivity contribution >= 4 is 0 Å². The Hall–Kier alpha value is -0.870. The highest BCUT2D eigenvalue weighted by molar-refractivity contribution is 5.06. The zero-order chi connectivity index (χ0) is 13.9. The van der Waals surface area contributed by atoms with Crippen LogP contribution in [0.2, 0.25) is 0 Å². The second-order valence-corrected chi connectivity index (χ2v) is 6.17. The molecule has 4 heteroatoms. The minimum Gasteiger partial charge on any atom is -0.329 e. The van der Waals surface area contributed by atoms with Crippen LogP contribution in [-0.4, -0.2) is 33.8 Å². The molecule has 1 aromatic heterocycles. The highest BCUT2D eigenvalue weighted by atomic mass is 15.3. The third-order valence-corrected chi connectivity index (χ3v) is 4.83. The Bertz CT molecular complexity index is 391. The van der Waals surface area contributed by atoms with Crippen molar-refractivity contribution < 1.29 is 0 Å². The van der Waals surface area contributed by atoms with Gasteiger partial charge in [-0.2, -0.15) is 5.10 Å². The van der Waals surface area contributed by atoms with Crippen molar-refractivity contribution in [3.8, 4) is 0 Å². The molecular formula is C15H28N4. The first-order valence-corrected chi connectivity index (χ1v) is 7.52. The minimum absolute atomic E-state index is 0.195. The van der Waals surface area contributed by atoms with E-state index in [4.69, 9.17) is 5.73 Å². The summed E-state index contributed by atoms with van der Waals surface area (Å²) in [7, 11) is 2.21. The Morgan fingerprint density at radius 1 is 1.47 bits per heavy atom. The van der Waals surface area contributed by atoms with E-state index < -0.39 is 0 Å². The van der Waals surface area contributed by atoms with Gasteiger partial charge >= 0.3 is 0 Å². The van der Waals surface area contributed by atoms with Gasteiger partial charge in [0.1, 0.15) is 0 Å². The molecule has 1 saturated carbocycles. The molecule has 0 aromatic carbocycles. The van der Waals surface area contributed by atoms with E-state index in [0.717, 1.165) is 25.6 Å². The lowest BCUT2D eigenvalue weighted by Gasteiger charge is -2.45. The Morgan fingerprint density at radius 3 is 2.68 bits per heavy atom. The van der Waals surface area contributed by atoms with Gasteiger partial charge in [-0.05, 0) is 45.6 Å². The summed E-state index contributed by atoms with van der Waals surface area (Å²) in [5.74, 6) is 0.857. The number of hydrogen-bond acceptors (Lipinski definition) is 3. The highest BCUT2D eigenvalue weighted by Gasteiger charge is 2.36. The lowest BCUT2D eigenvalue weighted by molar-refractivity contribution is 0.0616. The van der Waals surface area contributed by atoms with Crippen molar-refractivity contribution in [1.29, 1.82) is 0 Å². The number of aromatic nitrogens is 2. The van der Waals surface area contributed by atoms with Crippen LogP contribution >= 0.6 is 0 Å². The number of aryl methyl sites for hydroxylation is 1. The van der Waals surface area contributed by atoms with Crippen molar-refractivity contribution in [3.63, 3.8) is 0 Å². The number of nitrogens with two attached hydrogens (primary N) is 1. The van der Waals surface area contributed by atoms with E-state index in [0.29, 0.717) is 0 Å². The van der Waals surface area contributed by atoms with Crippen LogP contribution in [0.4, 0.5) is 0 Å². The molecule has 0 saturated heterocycles. The van der Waals surface area contributed by atoms with Crippen molar-refractivity contribution in [2.24, 2.45) is 11.7 Å². The molecule has 19 heavy (non-hydrogen) atoms. The molecule has 108 valence electrons. The summed E-state index contributed by atoms with van der Waals surface area (Å²) in [5.41, 5.74) is 7.59. The Morgan fingerprint density at radius 2 is 2.16 bits per heavy atom. The predicted octanol–water partition coefficient (Wildman–Crippen LogP) is 2.24. The maximum atomic E-state index is 6.11. The Balaban J connectivity index is 2.02. The molecule has 0 aliphatic heterocycles. The standard InChI is InChI=1S/C15H28N4/c1-4-19-11-14(9-17-19)10-18(3)15(12-16)7-5-13(2)6-8-15/h9,11,13H,4-8,10,12,16H2,1-3H3. The van der Waals surface area contributed by atoms with E-state index in [1.807, 2.05) is 10.9 Å². The fourth-order valence-electron chi connectivity index (χ4n) is 3.14. The minimum atomic E-state index is 0.195. The monoisotopic (exact) mass is 264 g/mol.